The van der Waals surface area contributed by atoms with E-state index < -0.39 is 34.0 Å². The first-order valence-corrected chi connectivity index (χ1v) is 9.32. The third kappa shape index (κ3) is 4.27. The van der Waals surface area contributed by atoms with E-state index in [1.807, 2.05) is 5.32 Å². The lowest BCUT2D eigenvalue weighted by molar-refractivity contribution is -0.127. The van der Waals surface area contributed by atoms with Crippen molar-refractivity contribution >= 4 is 33.6 Å². The number of sulfonamides is 1. The van der Waals surface area contributed by atoms with Crippen LogP contribution in [0.2, 0.25) is 0 Å². The molecule has 3 amide bonds. The van der Waals surface area contributed by atoms with E-state index in [0.29, 0.717) is 24.2 Å². The van der Waals surface area contributed by atoms with E-state index in [-0.39, 0.29) is 5.56 Å². The number of carbonyl (C=O) groups is 3. The molecule has 0 aliphatic carbocycles. The Morgan fingerprint density at radius 1 is 1.28 bits per heavy atom. The molecule has 0 bridgehead atoms. The highest BCUT2D eigenvalue weighted by Gasteiger charge is 2.27. The summed E-state index contributed by atoms with van der Waals surface area (Å²) in [5.74, 6) is -1.49. The van der Waals surface area contributed by atoms with Crippen LogP contribution in [0.15, 0.2) is 18.2 Å². The Kier molecular flexibility index (Phi) is 5.31. The summed E-state index contributed by atoms with van der Waals surface area (Å²) in [6.07, 6.45) is 0.443. The largest absolute Gasteiger partial charge is 0.449 e. The molecule has 1 aromatic rings. The second-order valence-corrected chi connectivity index (χ2v) is 7.45. The van der Waals surface area contributed by atoms with Gasteiger partial charge < -0.3 is 10.1 Å². The zero-order valence-electron chi connectivity index (χ0n) is 14.0. The standard InChI is InChI=1S/C15H19N3O6S/c1-9(13(19)17-15(21)16-2)24-14(20)11-4-5-12-10(8-11)6-7-18(12)25(3,22)23/h4-5,8-9H,6-7H2,1-3H3,(H2,16,17,19,21)/t9-/m1/s1. The fourth-order valence-electron chi connectivity index (χ4n) is 2.40. The maximum atomic E-state index is 12.2. The number of anilines is 1. The van der Waals surface area contributed by atoms with Gasteiger partial charge in [0.2, 0.25) is 10.0 Å². The van der Waals surface area contributed by atoms with Crippen molar-refractivity contribution in [2.45, 2.75) is 19.4 Å². The van der Waals surface area contributed by atoms with Crippen molar-refractivity contribution in [1.82, 2.24) is 10.6 Å². The molecule has 0 unspecified atom stereocenters. The number of urea groups is 1. The Labute approximate surface area is 145 Å². The van der Waals surface area contributed by atoms with E-state index in [2.05, 4.69) is 5.32 Å². The number of esters is 1. The van der Waals surface area contributed by atoms with Crippen LogP contribution >= 0.6 is 0 Å². The summed E-state index contributed by atoms with van der Waals surface area (Å²) in [5, 5.41) is 4.23. The predicted molar refractivity (Wildman–Crippen MR) is 89.8 cm³/mol. The molecule has 2 N–H and O–H groups in total. The Morgan fingerprint density at radius 2 is 1.96 bits per heavy atom. The first-order chi connectivity index (χ1) is 11.6. The van der Waals surface area contributed by atoms with Gasteiger partial charge in [-0.05, 0) is 37.1 Å². The first-order valence-electron chi connectivity index (χ1n) is 7.47. The predicted octanol–water partition coefficient (Wildman–Crippen LogP) is 0.00960. The Bertz CT molecular complexity index is 821. The number of nitrogens with one attached hydrogen (secondary N) is 2. The van der Waals surface area contributed by atoms with Crippen molar-refractivity contribution in [2.24, 2.45) is 0 Å². The van der Waals surface area contributed by atoms with Gasteiger partial charge in [0.05, 0.1) is 17.5 Å². The summed E-state index contributed by atoms with van der Waals surface area (Å²) in [6.45, 7) is 1.66. The van der Waals surface area contributed by atoms with Crippen molar-refractivity contribution in [3.63, 3.8) is 0 Å². The van der Waals surface area contributed by atoms with Crippen LogP contribution in [0.5, 0.6) is 0 Å². The van der Waals surface area contributed by atoms with Gasteiger partial charge >= 0.3 is 12.0 Å². The number of hydrogen-bond acceptors (Lipinski definition) is 6. The number of hydrogen-bond donors (Lipinski definition) is 2. The molecule has 10 heteroatoms. The van der Waals surface area contributed by atoms with Crippen molar-refractivity contribution in [2.75, 3.05) is 24.2 Å². The molecule has 2 rings (SSSR count). The Balaban J connectivity index is 2.09. The number of rotatable bonds is 4. The highest BCUT2D eigenvalue weighted by Crippen LogP contribution is 2.30. The van der Waals surface area contributed by atoms with Crippen molar-refractivity contribution in [1.29, 1.82) is 0 Å². The van der Waals surface area contributed by atoms with Gasteiger partial charge in [0, 0.05) is 13.6 Å². The molecule has 0 fully saturated rings. The van der Waals surface area contributed by atoms with Crippen LogP contribution in [0.1, 0.15) is 22.8 Å². The molecule has 0 aromatic heterocycles. The van der Waals surface area contributed by atoms with Gasteiger partial charge in [0.1, 0.15) is 0 Å². The van der Waals surface area contributed by atoms with E-state index in [9.17, 15) is 22.8 Å². The number of benzene rings is 1. The van der Waals surface area contributed by atoms with Crippen LogP contribution in [-0.2, 0) is 26.0 Å². The molecule has 1 aliphatic rings. The number of fused-ring (bicyclic) bond motifs is 1. The topological polar surface area (TPSA) is 122 Å². The first kappa shape index (κ1) is 18.7. The molecule has 0 saturated heterocycles. The van der Waals surface area contributed by atoms with E-state index in [4.69, 9.17) is 4.74 Å². The molecule has 9 nitrogen and oxygen atoms in total. The fourth-order valence-corrected chi connectivity index (χ4v) is 3.36. The highest BCUT2D eigenvalue weighted by molar-refractivity contribution is 7.92. The number of ether oxygens (including phenoxy) is 1. The van der Waals surface area contributed by atoms with Gasteiger partial charge in [-0.2, -0.15) is 0 Å². The maximum Gasteiger partial charge on any atom is 0.338 e. The smallest absolute Gasteiger partial charge is 0.338 e. The molecule has 1 heterocycles. The molecule has 1 atom stereocenters. The van der Waals surface area contributed by atoms with Crippen LogP contribution in [0, 0.1) is 0 Å². The highest BCUT2D eigenvalue weighted by atomic mass is 32.2. The van der Waals surface area contributed by atoms with Gasteiger partial charge in [0.25, 0.3) is 5.91 Å². The van der Waals surface area contributed by atoms with Gasteiger partial charge in [-0.15, -0.1) is 0 Å². The molecule has 136 valence electrons. The summed E-state index contributed by atoms with van der Waals surface area (Å²) in [6, 6.07) is 3.82. The van der Waals surface area contributed by atoms with Crippen LogP contribution in [0.25, 0.3) is 0 Å². The average Bonchev–Trinajstić information content (AvgIpc) is 2.97. The Morgan fingerprint density at radius 3 is 2.56 bits per heavy atom. The lowest BCUT2D eigenvalue weighted by Gasteiger charge is -2.17. The monoisotopic (exact) mass is 369 g/mol. The zero-order chi connectivity index (χ0) is 18.8. The molecule has 0 saturated carbocycles. The van der Waals surface area contributed by atoms with E-state index >= 15 is 0 Å². The van der Waals surface area contributed by atoms with E-state index in [1.54, 1.807) is 6.07 Å². The van der Waals surface area contributed by atoms with Crippen molar-refractivity contribution < 1.29 is 27.5 Å². The van der Waals surface area contributed by atoms with Crippen LogP contribution < -0.4 is 14.9 Å². The molecule has 25 heavy (non-hydrogen) atoms. The lowest BCUT2D eigenvalue weighted by atomic mass is 10.1. The second kappa shape index (κ2) is 7.09. The van der Waals surface area contributed by atoms with Crippen molar-refractivity contribution in [3.05, 3.63) is 29.3 Å². The minimum Gasteiger partial charge on any atom is -0.449 e. The summed E-state index contributed by atoms with van der Waals surface area (Å²) in [7, 11) is -2.02. The third-order valence-corrected chi connectivity index (χ3v) is 4.87. The number of nitrogens with zero attached hydrogens (tertiary/aromatic N) is 1. The summed E-state index contributed by atoms with van der Waals surface area (Å²) in [4.78, 5) is 34.9. The molecule has 1 aromatic carbocycles. The van der Waals surface area contributed by atoms with Gasteiger partial charge in [-0.3, -0.25) is 14.4 Å². The number of imide groups is 1. The maximum absolute atomic E-state index is 12.2. The van der Waals surface area contributed by atoms with Crippen molar-refractivity contribution in [3.8, 4) is 0 Å². The summed E-state index contributed by atoms with van der Waals surface area (Å²) in [5.41, 5.74) is 1.44. The molecular weight excluding hydrogens is 350 g/mol. The lowest BCUT2D eigenvalue weighted by Crippen LogP contribution is -2.43. The summed E-state index contributed by atoms with van der Waals surface area (Å²) < 4.78 is 29.7. The minimum absolute atomic E-state index is 0.202. The summed E-state index contributed by atoms with van der Waals surface area (Å²) >= 11 is 0. The normalized spacial score (nSPS) is 14.4. The quantitative estimate of drug-likeness (QED) is 0.721. The Hall–Kier alpha value is -2.62. The molecular formula is C15H19N3O6S. The van der Waals surface area contributed by atoms with Gasteiger partial charge in [-0.25, -0.2) is 18.0 Å². The third-order valence-electron chi connectivity index (χ3n) is 3.69. The fraction of sp³-hybridized carbons (Fsp3) is 0.400. The minimum atomic E-state index is -3.37. The number of carbonyl (C=O) groups excluding carboxylic acids is 3. The molecule has 0 radical (unpaired) electrons. The van der Waals surface area contributed by atoms with Gasteiger partial charge in [-0.1, -0.05) is 0 Å². The van der Waals surface area contributed by atoms with Crippen LogP contribution in [-0.4, -0.2) is 52.3 Å². The van der Waals surface area contributed by atoms with E-state index in [1.165, 1.54) is 30.4 Å². The zero-order valence-corrected chi connectivity index (χ0v) is 14.8. The molecule has 0 spiro atoms. The second-order valence-electron chi connectivity index (χ2n) is 5.54. The van der Waals surface area contributed by atoms with Gasteiger partial charge in [0.15, 0.2) is 6.10 Å². The molecule has 1 aliphatic heterocycles. The SMILES string of the molecule is CNC(=O)NC(=O)[C@@H](C)OC(=O)c1ccc2c(c1)CCN2S(C)(=O)=O. The number of amides is 3. The van der Waals surface area contributed by atoms with Crippen LogP contribution in [0.4, 0.5) is 10.5 Å². The average molecular weight is 369 g/mol. The van der Waals surface area contributed by atoms with Crippen LogP contribution in [0.3, 0.4) is 0 Å². The van der Waals surface area contributed by atoms with E-state index in [0.717, 1.165) is 6.26 Å².